The molecule has 0 atom stereocenters. The summed E-state index contributed by atoms with van der Waals surface area (Å²) in [5, 5.41) is 10.3. The summed E-state index contributed by atoms with van der Waals surface area (Å²) in [4.78, 5) is 12.5. The monoisotopic (exact) mass is 374 g/mol. The van der Waals surface area contributed by atoms with E-state index in [2.05, 4.69) is 0 Å². The van der Waals surface area contributed by atoms with E-state index in [0.29, 0.717) is 28.6 Å². The second-order valence-corrected chi connectivity index (χ2v) is 5.35. The molecule has 0 spiro atoms. The quantitative estimate of drug-likeness (QED) is 0.560. The van der Waals surface area contributed by atoms with E-state index in [4.69, 9.17) is 23.7 Å². The first-order valence-electron chi connectivity index (χ1n) is 7.97. The van der Waals surface area contributed by atoms with Crippen LogP contribution in [0.5, 0.6) is 34.5 Å². The van der Waals surface area contributed by atoms with Gasteiger partial charge in [-0.1, -0.05) is 6.08 Å². The van der Waals surface area contributed by atoms with Crippen molar-refractivity contribution in [2.75, 3.05) is 35.5 Å². The fraction of sp³-hybridized carbons (Fsp3) is 0.250. The van der Waals surface area contributed by atoms with Gasteiger partial charge >= 0.3 is 0 Å². The highest BCUT2D eigenvalue weighted by atomic mass is 16.5. The standard InChI is InChI=1S/C20H22O7/c1-23-15-9-7-13(18(22)20(15)27-5)14(21)8-6-12-10-16(24-2)19(26-4)17(11-12)25-3/h6-11,22H,1-5H3/b8-6+. The molecule has 1 N–H and O–H groups in total. The summed E-state index contributed by atoms with van der Waals surface area (Å²) in [7, 11) is 7.37. The zero-order valence-corrected chi connectivity index (χ0v) is 15.9. The van der Waals surface area contributed by atoms with Crippen molar-refractivity contribution in [1.82, 2.24) is 0 Å². The number of hydrogen-bond acceptors (Lipinski definition) is 7. The second kappa shape index (κ2) is 8.84. The molecule has 0 saturated heterocycles. The lowest BCUT2D eigenvalue weighted by atomic mass is 10.1. The Morgan fingerprint density at radius 3 is 1.85 bits per heavy atom. The van der Waals surface area contributed by atoms with Crippen LogP contribution in [0.3, 0.4) is 0 Å². The summed E-state index contributed by atoms with van der Waals surface area (Å²) in [6, 6.07) is 6.44. The number of aromatic hydroxyl groups is 1. The molecule has 144 valence electrons. The lowest BCUT2D eigenvalue weighted by molar-refractivity contribution is 0.104. The van der Waals surface area contributed by atoms with Gasteiger partial charge in [-0.25, -0.2) is 0 Å². The van der Waals surface area contributed by atoms with Crippen molar-refractivity contribution in [3.63, 3.8) is 0 Å². The van der Waals surface area contributed by atoms with Crippen LogP contribution in [0.2, 0.25) is 0 Å². The minimum absolute atomic E-state index is 0.0938. The Morgan fingerprint density at radius 2 is 1.37 bits per heavy atom. The molecule has 0 heterocycles. The second-order valence-electron chi connectivity index (χ2n) is 5.35. The fourth-order valence-corrected chi connectivity index (χ4v) is 2.57. The number of phenols is 1. The smallest absolute Gasteiger partial charge is 0.203 e. The van der Waals surface area contributed by atoms with Crippen molar-refractivity contribution in [2.45, 2.75) is 0 Å². The molecule has 7 nitrogen and oxygen atoms in total. The van der Waals surface area contributed by atoms with Crippen molar-refractivity contribution < 1.29 is 33.6 Å². The molecule has 0 aromatic heterocycles. The van der Waals surface area contributed by atoms with E-state index >= 15 is 0 Å². The maximum atomic E-state index is 12.5. The van der Waals surface area contributed by atoms with Crippen LogP contribution in [0.25, 0.3) is 6.08 Å². The third kappa shape index (κ3) is 4.08. The Balaban J connectivity index is 2.37. The minimum Gasteiger partial charge on any atom is -0.504 e. The first-order chi connectivity index (χ1) is 13.0. The van der Waals surface area contributed by atoms with Gasteiger partial charge in [0.15, 0.2) is 28.8 Å². The maximum absolute atomic E-state index is 12.5. The number of rotatable bonds is 8. The number of carbonyl (C=O) groups excluding carboxylic acids is 1. The largest absolute Gasteiger partial charge is 0.504 e. The van der Waals surface area contributed by atoms with Gasteiger partial charge < -0.3 is 28.8 Å². The highest BCUT2D eigenvalue weighted by Crippen LogP contribution is 2.40. The molecule has 0 radical (unpaired) electrons. The minimum atomic E-state index is -0.401. The number of phenolic OH excluding ortho intramolecular Hbond substituents is 1. The average molecular weight is 374 g/mol. The highest BCUT2D eigenvalue weighted by molar-refractivity contribution is 6.09. The number of benzene rings is 2. The number of allylic oxidation sites excluding steroid dienone is 1. The molecule has 0 unspecified atom stereocenters. The Labute approximate surface area is 157 Å². The van der Waals surface area contributed by atoms with Crippen molar-refractivity contribution in [2.24, 2.45) is 0 Å². The molecule has 0 bridgehead atoms. The van der Waals surface area contributed by atoms with Gasteiger partial charge in [-0.15, -0.1) is 0 Å². The van der Waals surface area contributed by atoms with E-state index in [9.17, 15) is 9.90 Å². The van der Waals surface area contributed by atoms with E-state index in [0.717, 1.165) is 0 Å². The lowest BCUT2D eigenvalue weighted by Crippen LogP contribution is -1.99. The summed E-state index contributed by atoms with van der Waals surface area (Å²) < 4.78 is 26.1. The number of ether oxygens (including phenoxy) is 5. The molecule has 0 fully saturated rings. The van der Waals surface area contributed by atoms with Crippen LogP contribution in [-0.4, -0.2) is 46.4 Å². The van der Waals surface area contributed by atoms with Crippen LogP contribution in [0.15, 0.2) is 30.3 Å². The molecular weight excluding hydrogens is 352 g/mol. The fourth-order valence-electron chi connectivity index (χ4n) is 2.57. The van der Waals surface area contributed by atoms with Crippen molar-refractivity contribution in [3.8, 4) is 34.5 Å². The van der Waals surface area contributed by atoms with Gasteiger partial charge in [0.2, 0.25) is 11.5 Å². The van der Waals surface area contributed by atoms with Crippen LogP contribution in [0.4, 0.5) is 0 Å². The van der Waals surface area contributed by atoms with Gasteiger partial charge in [-0.2, -0.15) is 0 Å². The topological polar surface area (TPSA) is 83.5 Å². The Morgan fingerprint density at radius 1 is 0.815 bits per heavy atom. The zero-order chi connectivity index (χ0) is 20.0. The van der Waals surface area contributed by atoms with Gasteiger partial charge in [-0.05, 0) is 35.9 Å². The molecule has 0 aliphatic rings. The van der Waals surface area contributed by atoms with Gasteiger partial charge in [0, 0.05) is 0 Å². The summed E-state index contributed by atoms with van der Waals surface area (Å²) in [5.41, 5.74) is 0.758. The third-order valence-electron chi connectivity index (χ3n) is 3.90. The predicted molar refractivity (Wildman–Crippen MR) is 101 cm³/mol. The van der Waals surface area contributed by atoms with Crippen molar-refractivity contribution in [1.29, 1.82) is 0 Å². The number of hydrogen-bond donors (Lipinski definition) is 1. The van der Waals surface area contributed by atoms with Gasteiger partial charge in [0.1, 0.15) is 0 Å². The van der Waals surface area contributed by atoms with Crippen LogP contribution < -0.4 is 23.7 Å². The molecule has 2 aromatic carbocycles. The first kappa shape index (κ1) is 20.0. The van der Waals surface area contributed by atoms with Crippen molar-refractivity contribution >= 4 is 11.9 Å². The summed E-state index contributed by atoms with van der Waals surface area (Å²) >= 11 is 0. The van der Waals surface area contributed by atoms with E-state index in [-0.39, 0.29) is 17.1 Å². The Kier molecular flexibility index (Phi) is 6.54. The normalized spacial score (nSPS) is 10.6. The highest BCUT2D eigenvalue weighted by Gasteiger charge is 2.18. The van der Waals surface area contributed by atoms with Gasteiger partial charge in [-0.3, -0.25) is 4.79 Å². The summed E-state index contributed by atoms with van der Waals surface area (Å²) in [6.45, 7) is 0. The molecule has 0 aliphatic carbocycles. The van der Waals surface area contributed by atoms with Gasteiger partial charge in [0.25, 0.3) is 0 Å². The third-order valence-corrected chi connectivity index (χ3v) is 3.90. The van der Waals surface area contributed by atoms with E-state index in [1.54, 1.807) is 24.3 Å². The molecular formula is C20H22O7. The SMILES string of the molecule is COc1cc(/C=C/C(=O)c2ccc(OC)c(OC)c2O)cc(OC)c1OC. The molecule has 27 heavy (non-hydrogen) atoms. The van der Waals surface area contributed by atoms with Crippen LogP contribution >= 0.6 is 0 Å². The molecule has 7 heteroatoms. The van der Waals surface area contributed by atoms with E-state index < -0.39 is 5.78 Å². The van der Waals surface area contributed by atoms with E-state index in [1.165, 1.54) is 47.7 Å². The summed E-state index contributed by atoms with van der Waals surface area (Å²) in [6.07, 6.45) is 2.92. The molecule has 2 aromatic rings. The van der Waals surface area contributed by atoms with Crippen LogP contribution in [0, 0.1) is 0 Å². The molecule has 0 saturated carbocycles. The number of carbonyl (C=O) groups is 1. The predicted octanol–water partition coefficient (Wildman–Crippen LogP) is 3.33. The molecule has 2 rings (SSSR count). The average Bonchev–Trinajstić information content (AvgIpc) is 2.70. The van der Waals surface area contributed by atoms with Crippen LogP contribution in [0.1, 0.15) is 15.9 Å². The number of ketones is 1. The van der Waals surface area contributed by atoms with Crippen LogP contribution in [-0.2, 0) is 0 Å². The van der Waals surface area contributed by atoms with Crippen molar-refractivity contribution in [3.05, 3.63) is 41.5 Å². The number of methoxy groups -OCH3 is 5. The molecule has 0 aliphatic heterocycles. The van der Waals surface area contributed by atoms with E-state index in [1.807, 2.05) is 0 Å². The molecule has 0 amide bonds. The Hall–Kier alpha value is -3.35. The zero-order valence-electron chi connectivity index (χ0n) is 15.9. The lowest BCUT2D eigenvalue weighted by Gasteiger charge is -2.13. The Bertz CT molecular complexity index is 831. The summed E-state index contributed by atoms with van der Waals surface area (Å²) in [5.74, 6) is 1.15. The van der Waals surface area contributed by atoms with Gasteiger partial charge in [0.05, 0.1) is 41.1 Å². The maximum Gasteiger partial charge on any atom is 0.203 e. The first-order valence-corrected chi connectivity index (χ1v) is 7.97.